The van der Waals surface area contributed by atoms with E-state index in [1.807, 2.05) is 6.92 Å². The van der Waals surface area contributed by atoms with Crippen LogP contribution in [0.25, 0.3) is 23.1 Å². The number of hydrogen-bond donors (Lipinski definition) is 0. The van der Waals surface area contributed by atoms with E-state index in [0.717, 1.165) is 22.6 Å². The lowest BCUT2D eigenvalue weighted by atomic mass is 10.1. The Bertz CT molecular complexity index is 1060. The van der Waals surface area contributed by atoms with Gasteiger partial charge in [-0.15, -0.1) is 10.2 Å². The van der Waals surface area contributed by atoms with E-state index in [9.17, 15) is 5.26 Å². The minimum absolute atomic E-state index is 0.125. The number of ether oxygens (including phenoxy) is 1. The van der Waals surface area contributed by atoms with Gasteiger partial charge in [0.2, 0.25) is 5.89 Å². The van der Waals surface area contributed by atoms with Crippen molar-refractivity contribution in [3.8, 4) is 29.3 Å². The maximum absolute atomic E-state index is 9.48. The second-order valence-electron chi connectivity index (χ2n) is 5.55. The van der Waals surface area contributed by atoms with E-state index in [1.165, 1.54) is 0 Å². The van der Waals surface area contributed by atoms with Gasteiger partial charge in [-0.05, 0) is 48.9 Å². The summed E-state index contributed by atoms with van der Waals surface area (Å²) in [6, 6.07) is 13.1. The molecular formula is C19H15N5O2. The third kappa shape index (κ3) is 3.06. The van der Waals surface area contributed by atoms with Crippen molar-refractivity contribution in [2.45, 2.75) is 6.92 Å². The van der Waals surface area contributed by atoms with Gasteiger partial charge < -0.3 is 13.7 Å². The number of benzene rings is 1. The second-order valence-corrected chi connectivity index (χ2v) is 5.55. The predicted octanol–water partition coefficient (Wildman–Crippen LogP) is 3.33. The molecule has 0 aliphatic rings. The van der Waals surface area contributed by atoms with Gasteiger partial charge in [-0.3, -0.25) is 0 Å². The molecule has 26 heavy (non-hydrogen) atoms. The van der Waals surface area contributed by atoms with Crippen LogP contribution in [0.5, 0.6) is 5.75 Å². The van der Waals surface area contributed by atoms with E-state index in [4.69, 9.17) is 14.4 Å². The van der Waals surface area contributed by atoms with Crippen LogP contribution in [0.1, 0.15) is 22.8 Å². The molecule has 3 aromatic rings. The first-order valence-electron chi connectivity index (χ1n) is 7.74. The number of nitriles is 2. The predicted molar refractivity (Wildman–Crippen MR) is 94.6 cm³/mol. The molecule has 0 atom stereocenters. The van der Waals surface area contributed by atoms with Crippen LogP contribution in [0, 0.1) is 29.6 Å². The molecule has 0 fully saturated rings. The fourth-order valence-electron chi connectivity index (χ4n) is 2.46. The molecule has 0 saturated carbocycles. The van der Waals surface area contributed by atoms with E-state index in [2.05, 4.69) is 22.3 Å². The van der Waals surface area contributed by atoms with Gasteiger partial charge in [-0.2, -0.15) is 10.5 Å². The smallest absolute Gasteiger partial charge is 0.258 e. The molecule has 128 valence electrons. The van der Waals surface area contributed by atoms with Crippen molar-refractivity contribution in [1.82, 2.24) is 14.8 Å². The molecule has 0 saturated heterocycles. The lowest BCUT2D eigenvalue weighted by molar-refractivity contribution is 0.415. The van der Waals surface area contributed by atoms with Crippen LogP contribution in [0.15, 0.2) is 34.7 Å². The minimum atomic E-state index is 0.125. The van der Waals surface area contributed by atoms with E-state index in [0.29, 0.717) is 11.6 Å². The maximum Gasteiger partial charge on any atom is 0.258 e. The average Bonchev–Trinajstić information content (AvgIpc) is 3.26. The Kier molecular flexibility index (Phi) is 4.55. The van der Waals surface area contributed by atoms with Crippen molar-refractivity contribution in [3.63, 3.8) is 0 Å². The Hall–Kier alpha value is -3.84. The summed E-state index contributed by atoms with van der Waals surface area (Å²) in [7, 11) is 3.39. The normalized spacial score (nSPS) is 11.0. The molecule has 0 aliphatic heterocycles. The molecule has 2 heterocycles. The zero-order chi connectivity index (χ0) is 18.7. The van der Waals surface area contributed by atoms with E-state index >= 15 is 0 Å². The molecule has 0 radical (unpaired) electrons. The van der Waals surface area contributed by atoms with Crippen molar-refractivity contribution in [1.29, 1.82) is 10.5 Å². The third-order valence-corrected chi connectivity index (χ3v) is 4.10. The van der Waals surface area contributed by atoms with Crippen LogP contribution in [0.4, 0.5) is 0 Å². The van der Waals surface area contributed by atoms with Crippen molar-refractivity contribution < 1.29 is 9.15 Å². The molecule has 0 unspecified atom stereocenters. The highest BCUT2D eigenvalue weighted by molar-refractivity contribution is 5.87. The summed E-state index contributed by atoms with van der Waals surface area (Å²) < 4.78 is 12.5. The van der Waals surface area contributed by atoms with Crippen LogP contribution < -0.4 is 4.74 Å². The van der Waals surface area contributed by atoms with Gasteiger partial charge >= 0.3 is 0 Å². The molecule has 0 N–H and O–H groups in total. The van der Waals surface area contributed by atoms with E-state index in [-0.39, 0.29) is 11.5 Å². The Labute approximate surface area is 150 Å². The molecule has 0 spiro atoms. The SMILES string of the molecule is COc1ccc(-c2nnc(/C(C#N)=C\c3cc(C#N)n(C)c3C)o2)cc1. The summed E-state index contributed by atoms with van der Waals surface area (Å²) in [5.41, 5.74) is 3.09. The third-order valence-electron chi connectivity index (χ3n) is 4.10. The standard InChI is InChI=1S/C19H15N5O2/c1-12-14(9-16(11-21)24(12)2)8-15(10-20)19-23-22-18(26-19)13-4-6-17(25-3)7-5-13/h4-9H,1-3H3/b15-8-. The van der Waals surface area contributed by atoms with Crippen LogP contribution in [0.2, 0.25) is 0 Å². The highest BCUT2D eigenvalue weighted by Crippen LogP contribution is 2.25. The average molecular weight is 345 g/mol. The van der Waals surface area contributed by atoms with Gasteiger partial charge in [0.25, 0.3) is 5.89 Å². The van der Waals surface area contributed by atoms with Crippen LogP contribution in [-0.4, -0.2) is 21.9 Å². The number of allylic oxidation sites excluding steroid dienone is 1. The fraction of sp³-hybridized carbons (Fsp3) is 0.158. The molecule has 0 amide bonds. The van der Waals surface area contributed by atoms with Gasteiger partial charge in [0.1, 0.15) is 29.2 Å². The van der Waals surface area contributed by atoms with Crippen LogP contribution >= 0.6 is 0 Å². The molecule has 0 bridgehead atoms. The number of hydrogen-bond acceptors (Lipinski definition) is 6. The number of methoxy groups -OCH3 is 1. The van der Waals surface area contributed by atoms with Gasteiger partial charge in [0.15, 0.2) is 0 Å². The molecule has 3 rings (SSSR count). The Morgan fingerprint density at radius 1 is 1.23 bits per heavy atom. The maximum atomic E-state index is 9.48. The second kappa shape index (κ2) is 6.96. The summed E-state index contributed by atoms with van der Waals surface area (Å²) in [4.78, 5) is 0. The molecule has 2 aromatic heterocycles. The Morgan fingerprint density at radius 2 is 1.96 bits per heavy atom. The zero-order valence-electron chi connectivity index (χ0n) is 14.5. The van der Waals surface area contributed by atoms with Crippen molar-refractivity contribution >= 4 is 11.6 Å². The minimum Gasteiger partial charge on any atom is -0.497 e. The van der Waals surface area contributed by atoms with Crippen molar-refractivity contribution in [2.24, 2.45) is 7.05 Å². The van der Waals surface area contributed by atoms with Gasteiger partial charge in [-0.1, -0.05) is 0 Å². The first kappa shape index (κ1) is 17.0. The fourth-order valence-corrected chi connectivity index (χ4v) is 2.46. The molecule has 7 nitrogen and oxygen atoms in total. The number of rotatable bonds is 4. The lowest BCUT2D eigenvalue weighted by Crippen LogP contribution is -1.93. The summed E-state index contributed by atoms with van der Waals surface area (Å²) in [5.74, 6) is 1.16. The summed E-state index contributed by atoms with van der Waals surface area (Å²) in [5, 5.41) is 26.6. The van der Waals surface area contributed by atoms with E-state index < -0.39 is 0 Å². The van der Waals surface area contributed by atoms with E-state index in [1.54, 1.807) is 55.1 Å². The van der Waals surface area contributed by atoms with Crippen molar-refractivity contribution in [3.05, 3.63) is 53.2 Å². The lowest BCUT2D eigenvalue weighted by Gasteiger charge is -1.99. The molecule has 1 aromatic carbocycles. The van der Waals surface area contributed by atoms with Crippen LogP contribution in [0.3, 0.4) is 0 Å². The Morgan fingerprint density at radius 3 is 2.54 bits per heavy atom. The number of nitrogens with zero attached hydrogens (tertiary/aromatic N) is 5. The summed E-state index contributed by atoms with van der Waals surface area (Å²) in [6.07, 6.45) is 1.64. The summed E-state index contributed by atoms with van der Waals surface area (Å²) in [6.45, 7) is 1.87. The monoisotopic (exact) mass is 345 g/mol. The molecule has 7 heteroatoms. The van der Waals surface area contributed by atoms with Crippen molar-refractivity contribution in [2.75, 3.05) is 7.11 Å². The highest BCUT2D eigenvalue weighted by atomic mass is 16.5. The first-order valence-corrected chi connectivity index (χ1v) is 7.74. The number of aromatic nitrogens is 3. The van der Waals surface area contributed by atoms with Crippen LogP contribution in [-0.2, 0) is 7.05 Å². The largest absolute Gasteiger partial charge is 0.497 e. The quantitative estimate of drug-likeness (QED) is 0.672. The zero-order valence-corrected chi connectivity index (χ0v) is 14.5. The topological polar surface area (TPSA) is 101 Å². The molecular weight excluding hydrogens is 330 g/mol. The molecule has 0 aliphatic carbocycles. The summed E-state index contributed by atoms with van der Waals surface area (Å²) >= 11 is 0. The van der Waals surface area contributed by atoms with Gasteiger partial charge in [0, 0.05) is 18.3 Å². The van der Waals surface area contributed by atoms with Gasteiger partial charge in [0.05, 0.1) is 7.11 Å². The Balaban J connectivity index is 1.96. The van der Waals surface area contributed by atoms with Gasteiger partial charge in [-0.25, -0.2) is 0 Å². The first-order chi connectivity index (χ1) is 12.6. The highest BCUT2D eigenvalue weighted by Gasteiger charge is 2.15.